The summed E-state index contributed by atoms with van der Waals surface area (Å²) in [6.07, 6.45) is 0.0132. The van der Waals surface area contributed by atoms with Crippen molar-refractivity contribution in [2.75, 3.05) is 33.9 Å². The number of hydrogen-bond donors (Lipinski definition) is 2. The highest BCUT2D eigenvalue weighted by Gasteiger charge is 2.34. The zero-order chi connectivity index (χ0) is 18.6. The molecular weight excluding hydrogens is 302 g/mol. The number of carbonyl (C=O) groups is 2. The Hall–Kier alpha value is -1.18. The van der Waals surface area contributed by atoms with Gasteiger partial charge >= 0.3 is 11.9 Å². The normalized spacial score (nSPS) is 13.4. The van der Waals surface area contributed by atoms with Gasteiger partial charge in [0, 0.05) is 6.61 Å². The van der Waals surface area contributed by atoms with E-state index in [0.29, 0.717) is 6.54 Å². The van der Waals surface area contributed by atoms with Crippen LogP contribution in [0.15, 0.2) is 0 Å². The molecule has 0 bridgehead atoms. The number of aliphatic hydroxyl groups excluding tert-OH is 2. The first-order chi connectivity index (χ1) is 10.5. The second-order valence-corrected chi connectivity index (χ2v) is 6.42. The van der Waals surface area contributed by atoms with E-state index in [9.17, 15) is 9.59 Å². The monoisotopic (exact) mass is 335 g/mol. The molecule has 0 amide bonds. The number of carbonyl (C=O) groups excluding carboxylic acids is 2. The summed E-state index contributed by atoms with van der Waals surface area (Å²) in [5, 5.41) is 17.7. The number of nitrogens with zero attached hydrogens (tertiary/aromatic N) is 1. The van der Waals surface area contributed by atoms with Crippen molar-refractivity contribution in [2.45, 2.75) is 53.2 Å². The highest BCUT2D eigenvalue weighted by Crippen LogP contribution is 2.22. The molecule has 7 nitrogen and oxygen atoms in total. The summed E-state index contributed by atoms with van der Waals surface area (Å²) in [5.74, 6) is -0.626. The molecule has 0 aliphatic heterocycles. The molecule has 0 fully saturated rings. The van der Waals surface area contributed by atoms with Gasteiger partial charge in [0.15, 0.2) is 0 Å². The quantitative estimate of drug-likeness (QED) is 0.634. The van der Waals surface area contributed by atoms with Crippen LogP contribution in [0.3, 0.4) is 0 Å². The topological polar surface area (TPSA) is 96.3 Å². The standard InChI is InChI=1S/C9H18O4.C7H15NO2/c1-7(2)13-8(12)9(3,6-11)4-5-10;1-6(2)10-7(9)5-8(3)4/h7,10-11H,4-6H2,1-3H3;6H,5H2,1-4H3. The van der Waals surface area contributed by atoms with Crippen LogP contribution in [0.1, 0.15) is 41.0 Å². The molecule has 0 saturated carbocycles. The van der Waals surface area contributed by atoms with E-state index in [0.717, 1.165) is 0 Å². The number of esters is 2. The maximum atomic E-state index is 11.4. The molecule has 2 N–H and O–H groups in total. The van der Waals surface area contributed by atoms with Crippen molar-refractivity contribution < 1.29 is 29.3 Å². The Bertz CT molecular complexity index is 331. The molecule has 0 aromatic rings. The smallest absolute Gasteiger partial charge is 0.320 e. The van der Waals surface area contributed by atoms with Crippen molar-refractivity contribution in [2.24, 2.45) is 5.41 Å². The zero-order valence-corrected chi connectivity index (χ0v) is 15.5. The van der Waals surface area contributed by atoms with Gasteiger partial charge in [-0.25, -0.2) is 0 Å². The van der Waals surface area contributed by atoms with Gasteiger partial charge in [-0.05, 0) is 55.1 Å². The fourth-order valence-corrected chi connectivity index (χ4v) is 1.41. The second kappa shape index (κ2) is 12.3. The summed E-state index contributed by atoms with van der Waals surface area (Å²) < 4.78 is 9.83. The average molecular weight is 335 g/mol. The van der Waals surface area contributed by atoms with E-state index in [2.05, 4.69) is 0 Å². The SMILES string of the molecule is CC(C)OC(=O)C(C)(CO)CCO.CC(C)OC(=O)CN(C)C. The highest BCUT2D eigenvalue weighted by molar-refractivity contribution is 5.76. The van der Waals surface area contributed by atoms with Crippen LogP contribution < -0.4 is 0 Å². The molecule has 7 heteroatoms. The Balaban J connectivity index is 0. The minimum atomic E-state index is -0.973. The van der Waals surface area contributed by atoms with E-state index in [4.69, 9.17) is 19.7 Å². The predicted octanol–water partition coefficient (Wildman–Crippen LogP) is 0.819. The van der Waals surface area contributed by atoms with Crippen LogP contribution in [0.4, 0.5) is 0 Å². The Morgan fingerprint density at radius 3 is 1.83 bits per heavy atom. The molecule has 1 unspecified atom stereocenters. The molecule has 23 heavy (non-hydrogen) atoms. The fraction of sp³-hybridized carbons (Fsp3) is 0.875. The molecule has 0 aliphatic rings. The van der Waals surface area contributed by atoms with Crippen molar-refractivity contribution in [3.63, 3.8) is 0 Å². The lowest BCUT2D eigenvalue weighted by atomic mass is 9.88. The molecule has 0 spiro atoms. The molecule has 0 radical (unpaired) electrons. The lowest BCUT2D eigenvalue weighted by Crippen LogP contribution is -2.35. The van der Waals surface area contributed by atoms with Crippen molar-refractivity contribution in [1.82, 2.24) is 4.90 Å². The number of likely N-dealkylation sites (N-methyl/N-ethyl adjacent to an activating group) is 1. The van der Waals surface area contributed by atoms with Gasteiger partial charge in [-0.2, -0.15) is 0 Å². The third-order valence-corrected chi connectivity index (χ3v) is 2.66. The minimum Gasteiger partial charge on any atom is -0.462 e. The lowest BCUT2D eigenvalue weighted by Gasteiger charge is -2.25. The van der Waals surface area contributed by atoms with Gasteiger partial charge in [-0.3, -0.25) is 14.5 Å². The summed E-state index contributed by atoms with van der Waals surface area (Å²) in [7, 11) is 3.67. The van der Waals surface area contributed by atoms with Crippen molar-refractivity contribution >= 4 is 11.9 Å². The van der Waals surface area contributed by atoms with Crippen LogP contribution >= 0.6 is 0 Å². The van der Waals surface area contributed by atoms with Gasteiger partial charge in [-0.1, -0.05) is 0 Å². The van der Waals surface area contributed by atoms with Gasteiger partial charge in [0.05, 0.1) is 30.8 Å². The molecule has 0 heterocycles. The maximum Gasteiger partial charge on any atom is 0.320 e. The van der Waals surface area contributed by atoms with Crippen LogP contribution in [-0.4, -0.2) is 73.1 Å². The Labute approximate surface area is 139 Å². The molecular formula is C16H33NO6. The first-order valence-electron chi connectivity index (χ1n) is 7.75. The number of ether oxygens (including phenoxy) is 2. The third kappa shape index (κ3) is 13.0. The summed E-state index contributed by atoms with van der Waals surface area (Å²) in [6, 6.07) is 0. The Kier molecular flexibility index (Phi) is 12.8. The zero-order valence-electron chi connectivity index (χ0n) is 15.5. The van der Waals surface area contributed by atoms with E-state index in [-0.39, 0.29) is 37.8 Å². The van der Waals surface area contributed by atoms with Gasteiger partial charge in [-0.15, -0.1) is 0 Å². The third-order valence-electron chi connectivity index (χ3n) is 2.66. The van der Waals surface area contributed by atoms with E-state index in [1.807, 2.05) is 27.9 Å². The highest BCUT2D eigenvalue weighted by atomic mass is 16.5. The number of hydrogen-bond acceptors (Lipinski definition) is 7. The van der Waals surface area contributed by atoms with Crippen LogP contribution in [0.2, 0.25) is 0 Å². The molecule has 0 aromatic carbocycles. The molecule has 1 atom stereocenters. The van der Waals surface area contributed by atoms with Gasteiger partial charge < -0.3 is 19.7 Å². The maximum absolute atomic E-state index is 11.4. The van der Waals surface area contributed by atoms with Gasteiger partial charge in [0.2, 0.25) is 0 Å². The minimum absolute atomic E-state index is 0.00699. The summed E-state index contributed by atoms with van der Waals surface area (Å²) in [5.41, 5.74) is -0.973. The molecule has 0 aromatic heterocycles. The first-order valence-corrected chi connectivity index (χ1v) is 7.75. The van der Waals surface area contributed by atoms with Crippen molar-refractivity contribution in [3.8, 4) is 0 Å². The van der Waals surface area contributed by atoms with Crippen LogP contribution in [-0.2, 0) is 19.1 Å². The van der Waals surface area contributed by atoms with Crippen molar-refractivity contribution in [3.05, 3.63) is 0 Å². The second-order valence-electron chi connectivity index (χ2n) is 6.42. The van der Waals surface area contributed by atoms with Crippen LogP contribution in [0, 0.1) is 5.41 Å². The fourth-order valence-electron chi connectivity index (χ4n) is 1.41. The van der Waals surface area contributed by atoms with Gasteiger partial charge in [0.1, 0.15) is 0 Å². The van der Waals surface area contributed by atoms with E-state index >= 15 is 0 Å². The number of rotatable bonds is 8. The summed E-state index contributed by atoms with van der Waals surface area (Å²) >= 11 is 0. The van der Waals surface area contributed by atoms with E-state index in [1.54, 1.807) is 25.7 Å². The van der Waals surface area contributed by atoms with E-state index < -0.39 is 11.4 Å². The molecule has 0 saturated heterocycles. The first kappa shape index (κ1) is 24.1. The summed E-state index contributed by atoms with van der Waals surface area (Å²) in [6.45, 7) is 8.67. The Morgan fingerprint density at radius 1 is 1.04 bits per heavy atom. The predicted molar refractivity (Wildman–Crippen MR) is 87.9 cm³/mol. The lowest BCUT2D eigenvalue weighted by molar-refractivity contribution is -0.162. The van der Waals surface area contributed by atoms with Gasteiger partial charge in [0.25, 0.3) is 0 Å². The molecule has 138 valence electrons. The average Bonchev–Trinajstić information content (AvgIpc) is 2.36. The number of aliphatic hydroxyl groups is 2. The van der Waals surface area contributed by atoms with Crippen LogP contribution in [0.5, 0.6) is 0 Å². The largest absolute Gasteiger partial charge is 0.462 e. The van der Waals surface area contributed by atoms with Crippen molar-refractivity contribution in [1.29, 1.82) is 0 Å². The van der Waals surface area contributed by atoms with E-state index in [1.165, 1.54) is 0 Å². The van der Waals surface area contributed by atoms with Crippen LogP contribution in [0.25, 0.3) is 0 Å². The Morgan fingerprint density at radius 2 is 1.52 bits per heavy atom. The summed E-state index contributed by atoms with van der Waals surface area (Å²) in [4.78, 5) is 24.0. The molecule has 0 aliphatic carbocycles. The molecule has 0 rings (SSSR count).